The number of anilines is 1. The van der Waals surface area contributed by atoms with E-state index in [2.05, 4.69) is 0 Å². The molecule has 4 rings (SSSR count). The van der Waals surface area contributed by atoms with Gasteiger partial charge >= 0.3 is 5.97 Å². The summed E-state index contributed by atoms with van der Waals surface area (Å²) in [4.78, 5) is 63.0. The summed E-state index contributed by atoms with van der Waals surface area (Å²) in [5, 5.41) is 11.2. The van der Waals surface area contributed by atoms with Crippen LogP contribution >= 0.6 is 0 Å². The minimum absolute atomic E-state index is 0.0799. The summed E-state index contributed by atoms with van der Waals surface area (Å²) in [5.41, 5.74) is 1.61. The van der Waals surface area contributed by atoms with Crippen LogP contribution in [0, 0.1) is 10.1 Å². The van der Waals surface area contributed by atoms with E-state index in [4.69, 9.17) is 4.74 Å². The Labute approximate surface area is 200 Å². The molecule has 0 bridgehead atoms. The molecule has 0 aromatic heterocycles. The summed E-state index contributed by atoms with van der Waals surface area (Å²) in [6, 6.07) is 11.6. The number of nitrogens with zero attached hydrogens (tertiary/aromatic N) is 3. The highest BCUT2D eigenvalue weighted by molar-refractivity contribution is 6.23. The third kappa shape index (κ3) is 4.07. The lowest BCUT2D eigenvalue weighted by Gasteiger charge is -2.23. The van der Waals surface area contributed by atoms with Gasteiger partial charge in [-0.15, -0.1) is 0 Å². The van der Waals surface area contributed by atoms with E-state index in [9.17, 15) is 29.3 Å². The van der Waals surface area contributed by atoms with Crippen LogP contribution in [0.1, 0.15) is 46.5 Å². The van der Waals surface area contributed by atoms with E-state index >= 15 is 0 Å². The van der Waals surface area contributed by atoms with E-state index in [1.165, 1.54) is 18.2 Å². The lowest BCUT2D eigenvalue weighted by molar-refractivity contribution is -0.385. The molecular weight excluding hydrogens is 454 g/mol. The largest absolute Gasteiger partial charge is 0.457 e. The van der Waals surface area contributed by atoms with Crippen LogP contribution in [-0.4, -0.2) is 53.6 Å². The van der Waals surface area contributed by atoms with Crippen molar-refractivity contribution in [3.63, 3.8) is 0 Å². The molecule has 0 aliphatic carbocycles. The van der Waals surface area contributed by atoms with Gasteiger partial charge in [0.25, 0.3) is 17.5 Å². The van der Waals surface area contributed by atoms with E-state index in [-0.39, 0.29) is 24.1 Å². The highest BCUT2D eigenvalue weighted by Gasteiger charge is 2.41. The van der Waals surface area contributed by atoms with Crippen molar-refractivity contribution < 1.29 is 28.8 Å². The third-order valence-electron chi connectivity index (χ3n) is 6.33. The van der Waals surface area contributed by atoms with Crippen molar-refractivity contribution in [3.05, 3.63) is 81.0 Å². The molecule has 2 aromatic carbocycles. The summed E-state index contributed by atoms with van der Waals surface area (Å²) in [6.07, 6.45) is 1.11. The van der Waals surface area contributed by atoms with E-state index in [1.54, 1.807) is 0 Å². The van der Waals surface area contributed by atoms with Crippen LogP contribution in [0.25, 0.3) is 0 Å². The van der Waals surface area contributed by atoms with Crippen LogP contribution in [0.3, 0.4) is 0 Å². The van der Waals surface area contributed by atoms with Gasteiger partial charge < -0.3 is 9.64 Å². The Kier molecular flexibility index (Phi) is 5.98. The van der Waals surface area contributed by atoms with Crippen LogP contribution in [0.5, 0.6) is 0 Å². The average molecular weight is 477 g/mol. The second-order valence-corrected chi connectivity index (χ2v) is 8.83. The molecule has 0 atom stereocenters. The topological polar surface area (TPSA) is 127 Å². The minimum Gasteiger partial charge on any atom is -0.457 e. The number of likely N-dealkylation sites (N-methyl/N-ethyl adjacent to an activating group) is 1. The number of fused-ring (bicyclic) bond motifs is 2. The number of benzene rings is 2. The van der Waals surface area contributed by atoms with Crippen LogP contribution < -0.4 is 4.90 Å². The Morgan fingerprint density at radius 3 is 2.49 bits per heavy atom. The van der Waals surface area contributed by atoms with Gasteiger partial charge in [0.1, 0.15) is 5.56 Å². The number of esters is 1. The second-order valence-electron chi connectivity index (χ2n) is 8.83. The number of nitro benzene ring substituents is 1. The first-order valence-electron chi connectivity index (χ1n) is 10.9. The zero-order chi connectivity index (χ0) is 25.5. The Morgan fingerprint density at radius 1 is 1.09 bits per heavy atom. The standard InChI is InChI=1S/C25H23N3O7/c1-25(2)17-8-4-5-9-18(17)26(3)20(25)13-15(29)14-35-21(30)11-12-27-23(31)16-7-6-10-19(28(33)34)22(16)24(27)32/h4-10,13H,11-12,14H2,1-3H3. The molecule has 0 unspecified atom stereocenters. The number of amides is 2. The van der Waals surface area contributed by atoms with Crippen molar-refractivity contribution in [3.8, 4) is 0 Å². The summed E-state index contributed by atoms with van der Waals surface area (Å²) >= 11 is 0. The second kappa shape index (κ2) is 8.79. The van der Waals surface area contributed by atoms with Crippen molar-refractivity contribution in [1.29, 1.82) is 0 Å². The van der Waals surface area contributed by atoms with E-state index in [0.29, 0.717) is 0 Å². The van der Waals surface area contributed by atoms with Gasteiger partial charge in [0, 0.05) is 42.5 Å². The van der Waals surface area contributed by atoms with Gasteiger partial charge in [-0.1, -0.05) is 38.1 Å². The zero-order valence-corrected chi connectivity index (χ0v) is 19.4. The molecule has 35 heavy (non-hydrogen) atoms. The normalized spacial score (nSPS) is 16.9. The fraction of sp³-hybridized carbons (Fsp3) is 0.280. The quantitative estimate of drug-likeness (QED) is 0.196. The molecule has 0 saturated heterocycles. The Morgan fingerprint density at radius 2 is 1.80 bits per heavy atom. The predicted octanol–water partition coefficient (Wildman–Crippen LogP) is 3.00. The van der Waals surface area contributed by atoms with E-state index < -0.39 is 46.2 Å². The molecule has 0 saturated carbocycles. The Hall–Kier alpha value is -4.34. The molecule has 10 heteroatoms. The van der Waals surface area contributed by atoms with Gasteiger partial charge in [0.05, 0.1) is 16.9 Å². The van der Waals surface area contributed by atoms with E-state index in [1.807, 2.05) is 50.1 Å². The highest BCUT2D eigenvalue weighted by atomic mass is 16.6. The molecule has 2 amide bonds. The monoisotopic (exact) mass is 477 g/mol. The van der Waals surface area contributed by atoms with Gasteiger partial charge in [-0.2, -0.15) is 0 Å². The molecule has 2 heterocycles. The van der Waals surface area contributed by atoms with Crippen molar-refractivity contribution in [1.82, 2.24) is 4.90 Å². The lowest BCUT2D eigenvalue weighted by Crippen LogP contribution is -2.32. The molecule has 180 valence electrons. The number of hydrogen-bond acceptors (Lipinski definition) is 8. The summed E-state index contributed by atoms with van der Waals surface area (Å²) < 4.78 is 5.05. The van der Waals surface area contributed by atoms with Crippen molar-refractivity contribution in [2.24, 2.45) is 0 Å². The molecule has 0 radical (unpaired) electrons. The molecule has 2 aromatic rings. The van der Waals surface area contributed by atoms with E-state index in [0.717, 1.165) is 27.9 Å². The molecule has 2 aliphatic heterocycles. The Bertz CT molecular complexity index is 1310. The van der Waals surface area contributed by atoms with Crippen LogP contribution in [0.15, 0.2) is 54.2 Å². The number of rotatable bonds is 7. The number of ketones is 1. The summed E-state index contributed by atoms with van der Waals surface area (Å²) in [5.74, 6) is -2.73. The fourth-order valence-electron chi connectivity index (χ4n) is 4.55. The molecule has 0 spiro atoms. The first-order valence-corrected chi connectivity index (χ1v) is 10.9. The lowest BCUT2D eigenvalue weighted by atomic mass is 9.83. The number of carbonyl (C=O) groups is 4. The predicted molar refractivity (Wildman–Crippen MR) is 125 cm³/mol. The van der Waals surface area contributed by atoms with Gasteiger partial charge in [0.15, 0.2) is 12.4 Å². The molecular formula is C25H23N3O7. The number of hydrogen-bond donors (Lipinski definition) is 0. The highest BCUT2D eigenvalue weighted by Crippen LogP contribution is 2.46. The summed E-state index contributed by atoms with van der Waals surface area (Å²) in [7, 11) is 1.87. The number of ether oxygens (including phenoxy) is 1. The average Bonchev–Trinajstić information content (AvgIpc) is 3.18. The maximum Gasteiger partial charge on any atom is 0.308 e. The molecule has 10 nitrogen and oxygen atoms in total. The molecule has 2 aliphatic rings. The van der Waals surface area contributed by atoms with Gasteiger partial charge in [0.2, 0.25) is 0 Å². The number of nitro groups is 1. The van der Waals surface area contributed by atoms with Crippen LogP contribution in [0.2, 0.25) is 0 Å². The number of carbonyl (C=O) groups excluding carboxylic acids is 4. The van der Waals surface area contributed by atoms with Crippen molar-refractivity contribution in [2.75, 3.05) is 25.1 Å². The van der Waals surface area contributed by atoms with Crippen molar-refractivity contribution in [2.45, 2.75) is 25.7 Å². The van der Waals surface area contributed by atoms with Crippen molar-refractivity contribution >= 4 is 34.9 Å². The Balaban J connectivity index is 1.35. The smallest absolute Gasteiger partial charge is 0.308 e. The number of para-hydroxylation sites is 1. The minimum atomic E-state index is -0.836. The van der Waals surface area contributed by atoms with Gasteiger partial charge in [-0.05, 0) is 17.7 Å². The third-order valence-corrected chi connectivity index (χ3v) is 6.33. The first kappa shape index (κ1) is 23.8. The number of imide groups is 1. The fourth-order valence-corrected chi connectivity index (χ4v) is 4.55. The van der Waals surface area contributed by atoms with Crippen LogP contribution in [-0.2, 0) is 19.7 Å². The van der Waals surface area contributed by atoms with Gasteiger partial charge in [-0.25, -0.2) is 0 Å². The number of allylic oxidation sites excluding steroid dienone is 1. The summed E-state index contributed by atoms with van der Waals surface area (Å²) in [6.45, 7) is 3.21. The first-order chi connectivity index (χ1) is 16.5. The maximum atomic E-state index is 12.6. The molecule has 0 fully saturated rings. The SMILES string of the molecule is CN1C(=CC(=O)COC(=O)CCN2C(=O)c3cccc([N+](=O)[O-])c3C2=O)C(C)(C)c2ccccc21. The maximum absolute atomic E-state index is 12.6. The molecule has 0 N–H and O–H groups in total. The van der Waals surface area contributed by atoms with Crippen LogP contribution in [0.4, 0.5) is 11.4 Å². The van der Waals surface area contributed by atoms with Gasteiger partial charge in [-0.3, -0.25) is 34.2 Å². The zero-order valence-electron chi connectivity index (χ0n) is 19.4.